The van der Waals surface area contributed by atoms with Crippen LogP contribution in [0.3, 0.4) is 0 Å². The van der Waals surface area contributed by atoms with E-state index in [1.54, 1.807) is 6.07 Å². The van der Waals surface area contributed by atoms with Gasteiger partial charge in [0.25, 0.3) is 0 Å². The monoisotopic (exact) mass is 377 g/mol. The van der Waals surface area contributed by atoms with E-state index in [1.165, 1.54) is 19.2 Å². The van der Waals surface area contributed by atoms with Gasteiger partial charge in [-0.2, -0.15) is 4.31 Å². The number of hydrogen-bond acceptors (Lipinski definition) is 4. The molecular formula is C13H16BrNO5S. The molecule has 8 heteroatoms. The summed E-state index contributed by atoms with van der Waals surface area (Å²) in [5, 5.41) is 8.96. The standard InChI is InChI=1S/C13H16BrNO5S/c1-20-11-5-4-10(14)6-12(11)21(18,19)15(8-13(16)17)7-9-2-3-9/h4-6,9H,2-3,7-8H2,1H3,(H,16,17). The largest absolute Gasteiger partial charge is 0.495 e. The fraction of sp³-hybridized carbons (Fsp3) is 0.462. The van der Waals surface area contributed by atoms with Crippen LogP contribution in [0.15, 0.2) is 27.6 Å². The molecule has 0 amide bonds. The first kappa shape index (κ1) is 16.3. The first-order valence-electron chi connectivity index (χ1n) is 6.40. The van der Waals surface area contributed by atoms with Crippen LogP contribution in [0.2, 0.25) is 0 Å². The second-order valence-electron chi connectivity index (χ2n) is 4.93. The van der Waals surface area contributed by atoms with E-state index in [0.29, 0.717) is 4.47 Å². The van der Waals surface area contributed by atoms with Gasteiger partial charge in [0.15, 0.2) is 0 Å². The number of sulfonamides is 1. The Bertz CT molecular complexity index is 642. The second-order valence-corrected chi connectivity index (χ2v) is 7.75. The lowest BCUT2D eigenvalue weighted by Crippen LogP contribution is -2.37. The van der Waals surface area contributed by atoms with E-state index in [2.05, 4.69) is 15.9 Å². The topological polar surface area (TPSA) is 83.9 Å². The number of nitrogens with zero attached hydrogens (tertiary/aromatic N) is 1. The molecule has 1 aliphatic carbocycles. The van der Waals surface area contributed by atoms with Crippen molar-refractivity contribution in [1.82, 2.24) is 4.31 Å². The number of carboxylic acid groups (broad SMARTS) is 1. The Morgan fingerprint density at radius 2 is 2.14 bits per heavy atom. The molecule has 1 saturated carbocycles. The number of ether oxygens (including phenoxy) is 1. The molecule has 1 aromatic rings. The van der Waals surface area contributed by atoms with Crippen LogP contribution in [-0.2, 0) is 14.8 Å². The Labute approximate surface area is 131 Å². The van der Waals surface area contributed by atoms with Crippen LogP contribution in [-0.4, -0.2) is 44.0 Å². The average molecular weight is 378 g/mol. The predicted molar refractivity (Wildman–Crippen MR) is 79.8 cm³/mol. The lowest BCUT2D eigenvalue weighted by atomic mass is 10.3. The van der Waals surface area contributed by atoms with Gasteiger partial charge in [-0.25, -0.2) is 8.42 Å². The van der Waals surface area contributed by atoms with Gasteiger partial charge in [-0.05, 0) is 37.0 Å². The molecule has 0 spiro atoms. The van der Waals surface area contributed by atoms with E-state index in [1.807, 2.05) is 0 Å². The van der Waals surface area contributed by atoms with Gasteiger partial charge >= 0.3 is 5.97 Å². The quantitative estimate of drug-likeness (QED) is 0.784. The Balaban J connectivity index is 2.41. The molecule has 1 N–H and O–H groups in total. The summed E-state index contributed by atoms with van der Waals surface area (Å²) >= 11 is 3.23. The summed E-state index contributed by atoms with van der Waals surface area (Å²) in [7, 11) is -2.54. The maximum atomic E-state index is 12.7. The van der Waals surface area contributed by atoms with Crippen molar-refractivity contribution in [1.29, 1.82) is 0 Å². The zero-order valence-corrected chi connectivity index (χ0v) is 13.9. The first-order chi connectivity index (χ1) is 9.84. The second kappa shape index (κ2) is 6.33. The minimum absolute atomic E-state index is 0.0266. The normalized spacial score (nSPS) is 15.2. The van der Waals surface area contributed by atoms with Gasteiger partial charge in [-0.3, -0.25) is 4.79 Å². The number of aliphatic carboxylic acids is 1. The van der Waals surface area contributed by atoms with Crippen molar-refractivity contribution in [2.45, 2.75) is 17.7 Å². The van der Waals surface area contributed by atoms with E-state index < -0.39 is 22.5 Å². The third-order valence-corrected chi connectivity index (χ3v) is 5.54. The van der Waals surface area contributed by atoms with Gasteiger partial charge in [0, 0.05) is 11.0 Å². The molecule has 0 atom stereocenters. The summed E-state index contributed by atoms with van der Waals surface area (Å²) in [6, 6.07) is 4.63. The van der Waals surface area contributed by atoms with Gasteiger partial charge in [0.05, 0.1) is 7.11 Å². The third kappa shape index (κ3) is 3.96. The molecule has 0 saturated heterocycles. The molecule has 0 aliphatic heterocycles. The Kier molecular flexibility index (Phi) is 4.90. The zero-order chi connectivity index (χ0) is 15.6. The van der Waals surface area contributed by atoms with Crippen molar-refractivity contribution in [2.24, 2.45) is 5.92 Å². The molecule has 21 heavy (non-hydrogen) atoms. The molecule has 116 valence electrons. The summed E-state index contributed by atoms with van der Waals surface area (Å²) in [6.45, 7) is -0.321. The van der Waals surface area contributed by atoms with Gasteiger partial charge in [-0.1, -0.05) is 15.9 Å². The molecule has 0 unspecified atom stereocenters. The Hall–Kier alpha value is -1.12. The highest BCUT2D eigenvalue weighted by Crippen LogP contribution is 2.34. The maximum absolute atomic E-state index is 12.7. The molecule has 1 aliphatic rings. The number of rotatable bonds is 7. The molecular weight excluding hydrogens is 362 g/mol. The molecule has 1 fully saturated rings. The van der Waals surface area contributed by atoms with Crippen LogP contribution < -0.4 is 4.74 Å². The molecule has 0 heterocycles. The van der Waals surface area contributed by atoms with Crippen LogP contribution in [0.5, 0.6) is 5.75 Å². The van der Waals surface area contributed by atoms with Gasteiger partial charge in [-0.15, -0.1) is 0 Å². The fourth-order valence-corrected chi connectivity index (χ4v) is 4.14. The van der Waals surface area contributed by atoms with Crippen molar-refractivity contribution >= 4 is 31.9 Å². The molecule has 0 aromatic heterocycles. The van der Waals surface area contributed by atoms with Crippen LogP contribution >= 0.6 is 15.9 Å². The summed E-state index contributed by atoms with van der Waals surface area (Å²) in [5.41, 5.74) is 0. The van der Waals surface area contributed by atoms with Crippen LogP contribution in [0, 0.1) is 5.92 Å². The van der Waals surface area contributed by atoms with Gasteiger partial charge in [0.1, 0.15) is 17.2 Å². The zero-order valence-electron chi connectivity index (χ0n) is 11.5. The number of carbonyl (C=O) groups is 1. The number of halogens is 1. The maximum Gasteiger partial charge on any atom is 0.318 e. The Morgan fingerprint density at radius 3 is 2.67 bits per heavy atom. The summed E-state index contributed by atoms with van der Waals surface area (Å²) in [6.07, 6.45) is 1.86. The first-order valence-corrected chi connectivity index (χ1v) is 8.63. The van der Waals surface area contributed by atoms with Crippen LogP contribution in [0.4, 0.5) is 0 Å². The van der Waals surface area contributed by atoms with Crippen molar-refractivity contribution in [3.05, 3.63) is 22.7 Å². The number of benzene rings is 1. The number of hydrogen-bond donors (Lipinski definition) is 1. The van der Waals surface area contributed by atoms with Crippen molar-refractivity contribution in [3.63, 3.8) is 0 Å². The van der Waals surface area contributed by atoms with Crippen LogP contribution in [0.1, 0.15) is 12.8 Å². The minimum Gasteiger partial charge on any atom is -0.495 e. The lowest BCUT2D eigenvalue weighted by Gasteiger charge is -2.21. The van der Waals surface area contributed by atoms with Gasteiger partial charge < -0.3 is 9.84 Å². The molecule has 0 radical (unpaired) electrons. The van der Waals surface area contributed by atoms with E-state index in [-0.39, 0.29) is 23.1 Å². The third-order valence-electron chi connectivity index (χ3n) is 3.21. The molecule has 2 rings (SSSR count). The SMILES string of the molecule is COc1ccc(Br)cc1S(=O)(=O)N(CC(=O)O)CC1CC1. The molecule has 1 aromatic carbocycles. The summed E-state index contributed by atoms with van der Waals surface area (Å²) in [4.78, 5) is 10.9. The summed E-state index contributed by atoms with van der Waals surface area (Å²) in [5.74, 6) is -0.727. The average Bonchev–Trinajstić information content (AvgIpc) is 3.21. The van der Waals surface area contributed by atoms with E-state index in [0.717, 1.165) is 17.1 Å². The van der Waals surface area contributed by atoms with Crippen LogP contribution in [0.25, 0.3) is 0 Å². The van der Waals surface area contributed by atoms with Crippen molar-refractivity contribution in [2.75, 3.05) is 20.2 Å². The predicted octanol–water partition coefficient (Wildman–Crippen LogP) is 1.94. The highest BCUT2D eigenvalue weighted by Gasteiger charge is 2.34. The van der Waals surface area contributed by atoms with Gasteiger partial charge in [0.2, 0.25) is 10.0 Å². The van der Waals surface area contributed by atoms with E-state index in [4.69, 9.17) is 9.84 Å². The molecule has 0 bridgehead atoms. The highest BCUT2D eigenvalue weighted by atomic mass is 79.9. The number of carboxylic acids is 1. The Morgan fingerprint density at radius 1 is 1.48 bits per heavy atom. The van der Waals surface area contributed by atoms with Crippen molar-refractivity contribution < 1.29 is 23.1 Å². The lowest BCUT2D eigenvalue weighted by molar-refractivity contribution is -0.137. The molecule has 6 nitrogen and oxygen atoms in total. The van der Waals surface area contributed by atoms with E-state index >= 15 is 0 Å². The highest BCUT2D eigenvalue weighted by molar-refractivity contribution is 9.10. The van der Waals surface area contributed by atoms with E-state index in [9.17, 15) is 13.2 Å². The van der Waals surface area contributed by atoms with Crippen molar-refractivity contribution in [3.8, 4) is 5.75 Å². The summed E-state index contributed by atoms with van der Waals surface area (Å²) < 4.78 is 32.1. The minimum atomic E-state index is -3.92. The number of methoxy groups -OCH3 is 1. The smallest absolute Gasteiger partial charge is 0.318 e. The fourth-order valence-electron chi connectivity index (χ4n) is 1.98.